The highest BCUT2D eigenvalue weighted by Crippen LogP contribution is 2.18. The van der Waals surface area contributed by atoms with Crippen LogP contribution in [0.4, 0.5) is 0 Å². The Morgan fingerprint density at radius 3 is 2.36 bits per heavy atom. The largest absolute Gasteiger partial charge is 0.480 e. The van der Waals surface area contributed by atoms with E-state index < -0.39 is 12.0 Å². The van der Waals surface area contributed by atoms with E-state index in [0.29, 0.717) is 13.1 Å². The van der Waals surface area contributed by atoms with Gasteiger partial charge in [-0.15, -0.1) is 0 Å². The Balaban J connectivity index is 2.18. The summed E-state index contributed by atoms with van der Waals surface area (Å²) in [5.41, 5.74) is 4.45. The zero-order valence-corrected chi connectivity index (χ0v) is 13.4. The molecule has 0 radical (unpaired) electrons. The number of carboxylic acids is 1. The van der Waals surface area contributed by atoms with Crippen molar-refractivity contribution in [1.82, 2.24) is 20.3 Å². The molecule has 1 aromatic heterocycles. The zero-order valence-electron chi connectivity index (χ0n) is 13.4. The van der Waals surface area contributed by atoms with Gasteiger partial charge in [-0.05, 0) is 33.3 Å². The molecule has 0 saturated heterocycles. The molecule has 1 unspecified atom stereocenters. The number of aromatic nitrogens is 3. The van der Waals surface area contributed by atoms with E-state index in [4.69, 9.17) is 0 Å². The SMILES string of the molecule is CCn1nc(C)c(CNC(C(=O)O)c2cc(C)cc(C)c2)n1. The molecule has 6 nitrogen and oxygen atoms in total. The zero-order chi connectivity index (χ0) is 16.3. The molecule has 1 atom stereocenters. The second-order valence-electron chi connectivity index (χ2n) is 5.49. The number of nitrogens with one attached hydrogen (secondary N) is 1. The molecule has 0 saturated carbocycles. The van der Waals surface area contributed by atoms with Crippen molar-refractivity contribution in [3.63, 3.8) is 0 Å². The Hall–Kier alpha value is -2.21. The van der Waals surface area contributed by atoms with Crippen molar-refractivity contribution in [2.24, 2.45) is 0 Å². The van der Waals surface area contributed by atoms with Crippen LogP contribution in [0.15, 0.2) is 18.2 Å². The summed E-state index contributed by atoms with van der Waals surface area (Å²) in [5.74, 6) is -0.898. The van der Waals surface area contributed by atoms with Gasteiger partial charge in [-0.25, -0.2) is 0 Å². The van der Waals surface area contributed by atoms with Gasteiger partial charge in [0.1, 0.15) is 6.04 Å². The Morgan fingerprint density at radius 1 is 1.23 bits per heavy atom. The lowest BCUT2D eigenvalue weighted by Crippen LogP contribution is -2.28. The van der Waals surface area contributed by atoms with E-state index in [-0.39, 0.29) is 0 Å². The number of carboxylic acid groups (broad SMARTS) is 1. The van der Waals surface area contributed by atoms with Gasteiger partial charge >= 0.3 is 5.97 Å². The van der Waals surface area contributed by atoms with Gasteiger partial charge in [-0.2, -0.15) is 15.0 Å². The van der Waals surface area contributed by atoms with E-state index in [2.05, 4.69) is 15.5 Å². The van der Waals surface area contributed by atoms with Gasteiger partial charge in [0.05, 0.1) is 17.9 Å². The fourth-order valence-electron chi connectivity index (χ4n) is 2.49. The summed E-state index contributed by atoms with van der Waals surface area (Å²) in [5, 5.41) is 21.2. The van der Waals surface area contributed by atoms with Crippen molar-refractivity contribution in [2.45, 2.75) is 46.8 Å². The topological polar surface area (TPSA) is 80.0 Å². The van der Waals surface area contributed by atoms with Crippen molar-refractivity contribution >= 4 is 5.97 Å². The average molecular weight is 302 g/mol. The molecule has 118 valence electrons. The van der Waals surface area contributed by atoms with Crippen LogP contribution in [0.2, 0.25) is 0 Å². The van der Waals surface area contributed by atoms with Crippen molar-refractivity contribution in [3.8, 4) is 0 Å². The van der Waals surface area contributed by atoms with Crippen molar-refractivity contribution in [3.05, 3.63) is 46.3 Å². The maximum atomic E-state index is 11.6. The van der Waals surface area contributed by atoms with Crippen LogP contribution in [0.3, 0.4) is 0 Å². The summed E-state index contributed by atoms with van der Waals surface area (Å²) in [6.45, 7) is 8.84. The third-order valence-electron chi connectivity index (χ3n) is 3.50. The van der Waals surface area contributed by atoms with Crippen LogP contribution >= 0.6 is 0 Å². The van der Waals surface area contributed by atoms with E-state index in [9.17, 15) is 9.90 Å². The minimum atomic E-state index is -0.898. The Kier molecular flexibility index (Phi) is 4.92. The molecule has 0 aliphatic rings. The molecule has 22 heavy (non-hydrogen) atoms. The molecule has 0 spiro atoms. The number of rotatable bonds is 6. The molecule has 2 aromatic rings. The molecule has 1 heterocycles. The number of aliphatic carboxylic acids is 1. The molecular formula is C16H22N4O2. The first-order valence-electron chi connectivity index (χ1n) is 7.35. The summed E-state index contributed by atoms with van der Waals surface area (Å²) < 4.78 is 0. The molecule has 6 heteroatoms. The standard InChI is InChI=1S/C16H22N4O2/c1-5-20-18-12(4)14(19-20)9-17-15(16(21)22)13-7-10(2)6-11(3)8-13/h6-8,15,17H,5,9H2,1-4H3,(H,21,22). The van der Waals surface area contributed by atoms with Gasteiger partial charge in [-0.3, -0.25) is 10.1 Å². The number of carbonyl (C=O) groups is 1. The van der Waals surface area contributed by atoms with E-state index in [1.807, 2.05) is 45.9 Å². The predicted molar refractivity (Wildman–Crippen MR) is 83.6 cm³/mol. The third kappa shape index (κ3) is 3.71. The molecule has 0 aliphatic heterocycles. The van der Waals surface area contributed by atoms with Gasteiger partial charge in [0.15, 0.2) is 0 Å². The number of benzene rings is 1. The van der Waals surface area contributed by atoms with Crippen LogP contribution in [-0.2, 0) is 17.9 Å². The lowest BCUT2D eigenvalue weighted by atomic mass is 10.0. The third-order valence-corrected chi connectivity index (χ3v) is 3.50. The van der Waals surface area contributed by atoms with Crippen LogP contribution in [0, 0.1) is 20.8 Å². The number of hydrogen-bond acceptors (Lipinski definition) is 4. The lowest BCUT2D eigenvalue weighted by Gasteiger charge is -2.15. The fraction of sp³-hybridized carbons (Fsp3) is 0.438. The van der Waals surface area contributed by atoms with E-state index in [0.717, 1.165) is 28.1 Å². The van der Waals surface area contributed by atoms with Gasteiger partial charge in [-0.1, -0.05) is 29.3 Å². The van der Waals surface area contributed by atoms with Gasteiger partial charge < -0.3 is 5.11 Å². The highest BCUT2D eigenvalue weighted by atomic mass is 16.4. The molecule has 2 rings (SSSR count). The van der Waals surface area contributed by atoms with Crippen molar-refractivity contribution in [1.29, 1.82) is 0 Å². The Bertz CT molecular complexity index is 659. The first kappa shape index (κ1) is 16.2. The predicted octanol–water partition coefficient (Wildman–Crippen LogP) is 2.14. The minimum Gasteiger partial charge on any atom is -0.480 e. The number of hydrogen-bond donors (Lipinski definition) is 2. The van der Waals surface area contributed by atoms with Crippen LogP contribution in [0.5, 0.6) is 0 Å². The fourth-order valence-corrected chi connectivity index (χ4v) is 2.49. The quantitative estimate of drug-likeness (QED) is 0.854. The normalized spacial score (nSPS) is 12.4. The van der Waals surface area contributed by atoms with E-state index in [1.54, 1.807) is 4.80 Å². The van der Waals surface area contributed by atoms with Gasteiger partial charge in [0.25, 0.3) is 0 Å². The van der Waals surface area contributed by atoms with Crippen LogP contribution in [0.25, 0.3) is 0 Å². The summed E-state index contributed by atoms with van der Waals surface area (Å²) >= 11 is 0. The monoisotopic (exact) mass is 302 g/mol. The highest BCUT2D eigenvalue weighted by Gasteiger charge is 2.20. The summed E-state index contributed by atoms with van der Waals surface area (Å²) in [4.78, 5) is 13.2. The van der Waals surface area contributed by atoms with Gasteiger partial charge in [0, 0.05) is 6.54 Å². The molecule has 1 aromatic carbocycles. The number of aryl methyl sites for hydroxylation is 4. The van der Waals surface area contributed by atoms with Gasteiger partial charge in [0.2, 0.25) is 0 Å². The molecule has 0 bridgehead atoms. The Morgan fingerprint density at radius 2 is 1.86 bits per heavy atom. The van der Waals surface area contributed by atoms with E-state index >= 15 is 0 Å². The Labute approximate surface area is 130 Å². The van der Waals surface area contributed by atoms with Crippen molar-refractivity contribution in [2.75, 3.05) is 0 Å². The second kappa shape index (κ2) is 6.70. The minimum absolute atomic E-state index is 0.371. The first-order chi connectivity index (χ1) is 10.4. The first-order valence-corrected chi connectivity index (χ1v) is 7.35. The summed E-state index contributed by atoms with van der Waals surface area (Å²) in [7, 11) is 0. The maximum absolute atomic E-state index is 11.6. The lowest BCUT2D eigenvalue weighted by molar-refractivity contribution is -0.139. The van der Waals surface area contributed by atoms with Crippen molar-refractivity contribution < 1.29 is 9.90 Å². The van der Waals surface area contributed by atoms with E-state index in [1.165, 1.54) is 0 Å². The maximum Gasteiger partial charge on any atom is 0.325 e. The molecule has 0 aliphatic carbocycles. The van der Waals surface area contributed by atoms with Crippen LogP contribution < -0.4 is 5.32 Å². The second-order valence-corrected chi connectivity index (χ2v) is 5.49. The van der Waals surface area contributed by atoms with Crippen LogP contribution in [-0.4, -0.2) is 26.1 Å². The number of nitrogens with zero attached hydrogens (tertiary/aromatic N) is 3. The smallest absolute Gasteiger partial charge is 0.325 e. The highest BCUT2D eigenvalue weighted by molar-refractivity contribution is 5.75. The summed E-state index contributed by atoms with van der Waals surface area (Å²) in [6, 6.07) is 5.06. The van der Waals surface area contributed by atoms with Crippen LogP contribution in [0.1, 0.15) is 41.0 Å². The molecular weight excluding hydrogens is 280 g/mol. The molecule has 0 fully saturated rings. The molecule has 2 N–H and O–H groups in total. The average Bonchev–Trinajstić information content (AvgIpc) is 2.78. The summed E-state index contributed by atoms with van der Waals surface area (Å²) in [6.07, 6.45) is 0. The molecule has 0 amide bonds.